The van der Waals surface area contributed by atoms with Gasteiger partial charge >= 0.3 is 0 Å². The average molecular weight is 289 g/mol. The lowest BCUT2D eigenvalue weighted by Gasteiger charge is -2.34. The minimum Gasteiger partial charge on any atom is -0.361 e. The van der Waals surface area contributed by atoms with Crippen molar-refractivity contribution in [1.29, 1.82) is 0 Å². The zero-order valence-electron chi connectivity index (χ0n) is 12.3. The van der Waals surface area contributed by atoms with Crippen LogP contribution in [0.1, 0.15) is 17.0 Å². The van der Waals surface area contributed by atoms with Crippen molar-refractivity contribution in [2.24, 2.45) is 0 Å². The number of aryl methyl sites for hydroxylation is 1. The van der Waals surface area contributed by atoms with Crippen LogP contribution in [0.15, 0.2) is 34.9 Å². The van der Waals surface area contributed by atoms with Gasteiger partial charge in [0.2, 0.25) is 0 Å². The van der Waals surface area contributed by atoms with Crippen molar-refractivity contribution in [2.75, 3.05) is 26.2 Å². The number of benzene rings is 1. The molecule has 112 valence electrons. The van der Waals surface area contributed by atoms with E-state index in [2.05, 4.69) is 15.0 Å². The molecule has 4 nitrogen and oxygen atoms in total. The molecule has 1 fully saturated rings. The molecule has 2 aromatic rings. The van der Waals surface area contributed by atoms with Gasteiger partial charge in [0.1, 0.15) is 11.6 Å². The molecule has 2 heterocycles. The Morgan fingerprint density at radius 2 is 1.81 bits per heavy atom. The van der Waals surface area contributed by atoms with Gasteiger partial charge in [-0.05, 0) is 24.6 Å². The normalized spacial score (nSPS) is 17.2. The van der Waals surface area contributed by atoms with E-state index in [4.69, 9.17) is 4.52 Å². The number of piperazine rings is 1. The van der Waals surface area contributed by atoms with Gasteiger partial charge in [-0.25, -0.2) is 4.39 Å². The first-order valence-corrected chi connectivity index (χ1v) is 7.30. The highest BCUT2D eigenvalue weighted by molar-refractivity contribution is 5.16. The summed E-state index contributed by atoms with van der Waals surface area (Å²) in [5.41, 5.74) is 2.03. The van der Waals surface area contributed by atoms with Crippen LogP contribution in [-0.2, 0) is 13.1 Å². The molecule has 0 unspecified atom stereocenters. The second-order valence-electron chi connectivity index (χ2n) is 5.61. The summed E-state index contributed by atoms with van der Waals surface area (Å²) in [4.78, 5) is 4.73. The molecule has 1 aromatic heterocycles. The Hall–Kier alpha value is -1.72. The van der Waals surface area contributed by atoms with Crippen molar-refractivity contribution in [3.8, 4) is 0 Å². The van der Waals surface area contributed by atoms with E-state index in [0.29, 0.717) is 0 Å². The fraction of sp³-hybridized carbons (Fsp3) is 0.438. The van der Waals surface area contributed by atoms with Gasteiger partial charge < -0.3 is 4.52 Å². The topological polar surface area (TPSA) is 32.5 Å². The number of nitrogens with zero attached hydrogens (tertiary/aromatic N) is 3. The number of hydrogen-bond donors (Lipinski definition) is 0. The fourth-order valence-corrected chi connectivity index (χ4v) is 2.72. The standard InChI is InChI=1S/C16H20FN3O/c1-13-9-16(18-21-13)12-20-7-5-19(6-8-20)11-14-3-2-4-15(17)10-14/h2-4,9-10H,5-8,11-12H2,1H3. The lowest BCUT2D eigenvalue weighted by molar-refractivity contribution is 0.120. The maximum Gasteiger partial charge on any atom is 0.133 e. The average Bonchev–Trinajstić information content (AvgIpc) is 2.86. The largest absolute Gasteiger partial charge is 0.361 e. The molecule has 1 aliphatic heterocycles. The van der Waals surface area contributed by atoms with Crippen LogP contribution < -0.4 is 0 Å². The summed E-state index contributed by atoms with van der Waals surface area (Å²) in [6, 6.07) is 8.84. The lowest BCUT2D eigenvalue weighted by Crippen LogP contribution is -2.45. The SMILES string of the molecule is Cc1cc(CN2CCN(Cc3cccc(F)c3)CC2)no1. The van der Waals surface area contributed by atoms with Gasteiger partial charge in [0.05, 0.1) is 5.69 Å². The Balaban J connectivity index is 1.48. The van der Waals surface area contributed by atoms with E-state index in [0.717, 1.165) is 56.3 Å². The van der Waals surface area contributed by atoms with Gasteiger partial charge in [-0.2, -0.15) is 0 Å². The van der Waals surface area contributed by atoms with Crippen molar-refractivity contribution < 1.29 is 8.91 Å². The smallest absolute Gasteiger partial charge is 0.133 e. The second kappa shape index (κ2) is 6.37. The lowest BCUT2D eigenvalue weighted by atomic mass is 10.2. The molecule has 0 bridgehead atoms. The highest BCUT2D eigenvalue weighted by Crippen LogP contribution is 2.12. The molecule has 0 spiro atoms. The molecule has 0 amide bonds. The van der Waals surface area contributed by atoms with Gasteiger partial charge in [-0.1, -0.05) is 17.3 Å². The quantitative estimate of drug-likeness (QED) is 0.865. The summed E-state index contributed by atoms with van der Waals surface area (Å²) >= 11 is 0. The van der Waals surface area contributed by atoms with Crippen LogP contribution in [0, 0.1) is 12.7 Å². The van der Waals surface area contributed by atoms with E-state index in [1.807, 2.05) is 19.1 Å². The predicted molar refractivity (Wildman–Crippen MR) is 78.2 cm³/mol. The summed E-state index contributed by atoms with van der Waals surface area (Å²) in [7, 11) is 0. The van der Waals surface area contributed by atoms with Crippen molar-refractivity contribution in [1.82, 2.24) is 15.0 Å². The van der Waals surface area contributed by atoms with Gasteiger partial charge in [-0.3, -0.25) is 9.80 Å². The molecule has 0 saturated carbocycles. The van der Waals surface area contributed by atoms with E-state index in [-0.39, 0.29) is 5.82 Å². The highest BCUT2D eigenvalue weighted by atomic mass is 19.1. The molecule has 0 radical (unpaired) electrons. The fourth-order valence-electron chi connectivity index (χ4n) is 2.72. The molecule has 1 aromatic carbocycles. The summed E-state index contributed by atoms with van der Waals surface area (Å²) in [6.45, 7) is 7.55. The van der Waals surface area contributed by atoms with Crippen LogP contribution in [0.2, 0.25) is 0 Å². The van der Waals surface area contributed by atoms with Gasteiger partial charge in [0, 0.05) is 45.3 Å². The minimum absolute atomic E-state index is 0.160. The Kier molecular flexibility index (Phi) is 4.31. The summed E-state index contributed by atoms with van der Waals surface area (Å²) in [5.74, 6) is 0.697. The van der Waals surface area contributed by atoms with Gasteiger partial charge in [0.15, 0.2) is 0 Å². The molecule has 5 heteroatoms. The van der Waals surface area contributed by atoms with E-state index < -0.39 is 0 Å². The third-order valence-corrected chi connectivity index (χ3v) is 3.82. The van der Waals surface area contributed by atoms with Crippen LogP contribution >= 0.6 is 0 Å². The van der Waals surface area contributed by atoms with Crippen molar-refractivity contribution in [3.05, 3.63) is 53.2 Å². The summed E-state index contributed by atoms with van der Waals surface area (Å²) < 4.78 is 18.3. The predicted octanol–water partition coefficient (Wildman–Crippen LogP) is 2.44. The molecule has 0 N–H and O–H groups in total. The van der Waals surface area contributed by atoms with Crippen LogP contribution in [0.5, 0.6) is 0 Å². The molecular formula is C16H20FN3O. The van der Waals surface area contributed by atoms with Crippen LogP contribution in [0.3, 0.4) is 0 Å². The summed E-state index contributed by atoms with van der Waals surface area (Å²) in [6.07, 6.45) is 0. The highest BCUT2D eigenvalue weighted by Gasteiger charge is 2.18. The van der Waals surface area contributed by atoms with Crippen LogP contribution in [-0.4, -0.2) is 41.1 Å². The molecule has 3 rings (SSSR count). The zero-order valence-corrected chi connectivity index (χ0v) is 12.3. The Morgan fingerprint density at radius 1 is 1.10 bits per heavy atom. The molecule has 1 saturated heterocycles. The Morgan fingerprint density at radius 3 is 2.43 bits per heavy atom. The van der Waals surface area contributed by atoms with Gasteiger partial charge in [-0.15, -0.1) is 0 Å². The van der Waals surface area contributed by atoms with E-state index in [1.165, 1.54) is 6.07 Å². The number of rotatable bonds is 4. The minimum atomic E-state index is -0.160. The van der Waals surface area contributed by atoms with Crippen molar-refractivity contribution >= 4 is 0 Å². The first kappa shape index (κ1) is 14.2. The van der Waals surface area contributed by atoms with Crippen molar-refractivity contribution in [2.45, 2.75) is 20.0 Å². The number of hydrogen-bond acceptors (Lipinski definition) is 4. The van der Waals surface area contributed by atoms with Crippen LogP contribution in [0.25, 0.3) is 0 Å². The van der Waals surface area contributed by atoms with E-state index in [1.54, 1.807) is 12.1 Å². The molecular weight excluding hydrogens is 269 g/mol. The van der Waals surface area contributed by atoms with Crippen molar-refractivity contribution in [3.63, 3.8) is 0 Å². The third-order valence-electron chi connectivity index (χ3n) is 3.82. The molecule has 21 heavy (non-hydrogen) atoms. The Labute approximate surface area is 124 Å². The number of aromatic nitrogens is 1. The van der Waals surface area contributed by atoms with E-state index >= 15 is 0 Å². The van der Waals surface area contributed by atoms with Gasteiger partial charge in [0.25, 0.3) is 0 Å². The maximum absolute atomic E-state index is 13.2. The molecule has 0 aliphatic carbocycles. The number of halogens is 1. The maximum atomic E-state index is 13.2. The first-order valence-electron chi connectivity index (χ1n) is 7.30. The Bertz CT molecular complexity index is 591. The zero-order chi connectivity index (χ0) is 14.7. The van der Waals surface area contributed by atoms with E-state index in [9.17, 15) is 4.39 Å². The van der Waals surface area contributed by atoms with Crippen LogP contribution in [0.4, 0.5) is 4.39 Å². The first-order chi connectivity index (χ1) is 10.2. The monoisotopic (exact) mass is 289 g/mol. The summed E-state index contributed by atoms with van der Waals surface area (Å²) in [5, 5.41) is 4.03. The molecule has 0 atom stereocenters. The second-order valence-corrected chi connectivity index (χ2v) is 5.61. The molecule has 1 aliphatic rings. The third kappa shape index (κ3) is 3.89.